The molecule has 0 spiro atoms. The van der Waals surface area contributed by atoms with Crippen LogP contribution in [0.2, 0.25) is 0 Å². The van der Waals surface area contributed by atoms with Crippen molar-refractivity contribution in [2.24, 2.45) is 0 Å². The zero-order chi connectivity index (χ0) is 18.2. The molecule has 1 N–H and O–H groups in total. The molecule has 3 rings (SSSR count). The molecular formula is C19H25N3O3. The highest BCUT2D eigenvalue weighted by Gasteiger charge is 2.33. The molecule has 6 heteroatoms. The maximum Gasteiger partial charge on any atom is 0.410 e. The Hall–Kier alpha value is -2.50. The number of aromatic nitrogens is 1. The highest BCUT2D eigenvalue weighted by atomic mass is 16.6. The van der Waals surface area contributed by atoms with E-state index in [1.165, 1.54) is 0 Å². The Labute approximate surface area is 147 Å². The molecule has 1 fully saturated rings. The highest BCUT2D eigenvalue weighted by Crippen LogP contribution is 2.21. The fraction of sp³-hybridized carbons (Fsp3) is 0.474. The first kappa shape index (κ1) is 17.3. The standard InChI is InChI=1S/C19H25N3O3/c1-19(2,3)25-18(24)21(4)15-8-10-22(12-15)17(23)14-6-5-13-7-9-20-16(13)11-14/h5-7,9,11,15,20H,8,10,12H2,1-4H3. The van der Waals surface area contributed by atoms with Crippen molar-refractivity contribution in [2.75, 3.05) is 20.1 Å². The van der Waals surface area contributed by atoms with Gasteiger partial charge in [0.05, 0.1) is 6.04 Å². The molecular weight excluding hydrogens is 318 g/mol. The van der Waals surface area contributed by atoms with E-state index in [0.29, 0.717) is 18.7 Å². The van der Waals surface area contributed by atoms with Crippen LogP contribution in [0.15, 0.2) is 30.5 Å². The van der Waals surface area contributed by atoms with Gasteiger partial charge in [-0.1, -0.05) is 6.07 Å². The lowest BCUT2D eigenvalue weighted by molar-refractivity contribution is 0.0226. The highest BCUT2D eigenvalue weighted by molar-refractivity contribution is 5.98. The molecule has 1 aliphatic rings. The Balaban J connectivity index is 1.65. The fourth-order valence-corrected chi connectivity index (χ4v) is 3.09. The van der Waals surface area contributed by atoms with Gasteiger partial charge >= 0.3 is 6.09 Å². The van der Waals surface area contributed by atoms with Crippen LogP contribution >= 0.6 is 0 Å². The number of likely N-dealkylation sites (N-methyl/N-ethyl adjacent to an activating group) is 1. The van der Waals surface area contributed by atoms with E-state index in [1.54, 1.807) is 16.8 Å². The van der Waals surface area contributed by atoms with E-state index in [2.05, 4.69) is 4.98 Å². The molecule has 1 aromatic carbocycles. The third kappa shape index (κ3) is 3.78. The Morgan fingerprint density at radius 2 is 2.04 bits per heavy atom. The molecule has 1 atom stereocenters. The van der Waals surface area contributed by atoms with Crippen molar-refractivity contribution in [2.45, 2.75) is 38.8 Å². The summed E-state index contributed by atoms with van der Waals surface area (Å²) in [6.07, 6.45) is 2.27. The quantitative estimate of drug-likeness (QED) is 0.910. The number of benzene rings is 1. The summed E-state index contributed by atoms with van der Waals surface area (Å²) in [5.41, 5.74) is 1.09. The number of carbonyl (C=O) groups excluding carboxylic acids is 2. The first-order valence-corrected chi connectivity index (χ1v) is 8.57. The van der Waals surface area contributed by atoms with Gasteiger partial charge in [-0.3, -0.25) is 4.79 Å². The molecule has 1 saturated heterocycles. The van der Waals surface area contributed by atoms with Gasteiger partial charge in [0, 0.05) is 37.4 Å². The van der Waals surface area contributed by atoms with Gasteiger partial charge in [0.15, 0.2) is 0 Å². The summed E-state index contributed by atoms with van der Waals surface area (Å²) in [5.74, 6) is -0.00316. The summed E-state index contributed by atoms with van der Waals surface area (Å²) in [5, 5.41) is 1.08. The van der Waals surface area contributed by atoms with Gasteiger partial charge in [0.2, 0.25) is 0 Å². The van der Waals surface area contributed by atoms with E-state index in [4.69, 9.17) is 4.74 Å². The molecule has 2 amide bonds. The van der Waals surface area contributed by atoms with Gasteiger partial charge in [-0.05, 0) is 50.8 Å². The van der Waals surface area contributed by atoms with Crippen LogP contribution in [0.5, 0.6) is 0 Å². The van der Waals surface area contributed by atoms with Gasteiger partial charge < -0.3 is 19.5 Å². The summed E-state index contributed by atoms with van der Waals surface area (Å²) < 4.78 is 5.41. The summed E-state index contributed by atoms with van der Waals surface area (Å²) in [6, 6.07) is 7.63. The first-order valence-electron chi connectivity index (χ1n) is 8.57. The van der Waals surface area contributed by atoms with Crippen molar-refractivity contribution in [3.63, 3.8) is 0 Å². The molecule has 1 aromatic heterocycles. The van der Waals surface area contributed by atoms with Crippen molar-refractivity contribution in [1.82, 2.24) is 14.8 Å². The largest absolute Gasteiger partial charge is 0.444 e. The smallest absolute Gasteiger partial charge is 0.410 e. The zero-order valence-electron chi connectivity index (χ0n) is 15.2. The maximum absolute atomic E-state index is 12.8. The van der Waals surface area contributed by atoms with Crippen LogP contribution in [0.1, 0.15) is 37.6 Å². The molecule has 0 radical (unpaired) electrons. The number of ether oxygens (including phenoxy) is 1. The van der Waals surface area contributed by atoms with Gasteiger partial charge in [0.1, 0.15) is 5.60 Å². The molecule has 25 heavy (non-hydrogen) atoms. The molecule has 0 saturated carbocycles. The second-order valence-electron chi connectivity index (χ2n) is 7.56. The predicted molar refractivity (Wildman–Crippen MR) is 96.6 cm³/mol. The van der Waals surface area contributed by atoms with E-state index < -0.39 is 5.60 Å². The molecule has 1 aliphatic heterocycles. The SMILES string of the molecule is CN(C(=O)OC(C)(C)C)C1CCN(C(=O)c2ccc3cc[nH]c3c2)C1. The number of hydrogen-bond acceptors (Lipinski definition) is 3. The van der Waals surface area contributed by atoms with Crippen LogP contribution < -0.4 is 0 Å². The van der Waals surface area contributed by atoms with Crippen LogP contribution in [-0.4, -0.2) is 58.6 Å². The lowest BCUT2D eigenvalue weighted by Gasteiger charge is -2.28. The van der Waals surface area contributed by atoms with E-state index in [9.17, 15) is 9.59 Å². The van der Waals surface area contributed by atoms with E-state index in [1.807, 2.05) is 51.2 Å². The number of fused-ring (bicyclic) bond motifs is 1. The van der Waals surface area contributed by atoms with Crippen LogP contribution in [0, 0.1) is 0 Å². The van der Waals surface area contributed by atoms with Crippen LogP contribution in [0.3, 0.4) is 0 Å². The third-order valence-electron chi connectivity index (χ3n) is 4.48. The predicted octanol–water partition coefficient (Wildman–Crippen LogP) is 3.25. The molecule has 0 bridgehead atoms. The maximum atomic E-state index is 12.8. The summed E-state index contributed by atoms with van der Waals surface area (Å²) >= 11 is 0. The van der Waals surface area contributed by atoms with Crippen molar-refractivity contribution >= 4 is 22.9 Å². The molecule has 2 heterocycles. The van der Waals surface area contributed by atoms with Gasteiger partial charge in [-0.2, -0.15) is 0 Å². The Kier molecular flexibility index (Phi) is 4.45. The van der Waals surface area contributed by atoms with Crippen molar-refractivity contribution in [1.29, 1.82) is 0 Å². The Bertz CT molecular complexity index is 791. The van der Waals surface area contributed by atoms with Crippen LogP contribution in [0.25, 0.3) is 10.9 Å². The summed E-state index contributed by atoms with van der Waals surface area (Å²) in [6.45, 7) is 6.70. The Morgan fingerprint density at radius 1 is 1.28 bits per heavy atom. The number of amides is 2. The average molecular weight is 343 g/mol. The number of hydrogen-bond donors (Lipinski definition) is 1. The number of rotatable bonds is 2. The first-order chi connectivity index (χ1) is 11.7. The topological polar surface area (TPSA) is 65.6 Å². The number of nitrogens with zero attached hydrogens (tertiary/aromatic N) is 2. The zero-order valence-corrected chi connectivity index (χ0v) is 15.2. The number of H-pyrrole nitrogens is 1. The molecule has 6 nitrogen and oxygen atoms in total. The normalized spacial score (nSPS) is 17.8. The number of carbonyl (C=O) groups is 2. The van der Waals surface area contributed by atoms with Crippen LogP contribution in [-0.2, 0) is 4.74 Å². The van der Waals surface area contributed by atoms with Crippen molar-refractivity contribution < 1.29 is 14.3 Å². The minimum Gasteiger partial charge on any atom is -0.444 e. The van der Waals surface area contributed by atoms with Gasteiger partial charge in [-0.15, -0.1) is 0 Å². The second-order valence-corrected chi connectivity index (χ2v) is 7.56. The number of aromatic amines is 1. The lowest BCUT2D eigenvalue weighted by atomic mass is 10.1. The molecule has 0 aliphatic carbocycles. The fourth-order valence-electron chi connectivity index (χ4n) is 3.09. The van der Waals surface area contributed by atoms with Gasteiger partial charge in [-0.25, -0.2) is 4.79 Å². The molecule has 2 aromatic rings. The lowest BCUT2D eigenvalue weighted by Crippen LogP contribution is -2.42. The van der Waals surface area contributed by atoms with E-state index >= 15 is 0 Å². The number of nitrogens with one attached hydrogen (secondary N) is 1. The molecule has 1 unspecified atom stereocenters. The monoisotopic (exact) mass is 343 g/mol. The van der Waals surface area contributed by atoms with Gasteiger partial charge in [0.25, 0.3) is 5.91 Å². The van der Waals surface area contributed by atoms with Crippen molar-refractivity contribution in [3.8, 4) is 0 Å². The van der Waals surface area contributed by atoms with E-state index in [0.717, 1.165) is 17.3 Å². The summed E-state index contributed by atoms with van der Waals surface area (Å²) in [7, 11) is 1.73. The minimum absolute atomic E-state index is 0.00316. The average Bonchev–Trinajstić information content (AvgIpc) is 3.20. The molecule has 134 valence electrons. The number of likely N-dealkylation sites (tertiary alicyclic amines) is 1. The van der Waals surface area contributed by atoms with E-state index in [-0.39, 0.29) is 18.0 Å². The van der Waals surface area contributed by atoms with Crippen molar-refractivity contribution in [3.05, 3.63) is 36.0 Å². The minimum atomic E-state index is -0.523. The second kappa shape index (κ2) is 6.43. The third-order valence-corrected chi connectivity index (χ3v) is 4.48. The summed E-state index contributed by atoms with van der Waals surface area (Å²) in [4.78, 5) is 31.5. The Morgan fingerprint density at radius 3 is 2.76 bits per heavy atom. The van der Waals surface area contributed by atoms with Crippen LogP contribution in [0.4, 0.5) is 4.79 Å².